The highest BCUT2D eigenvalue weighted by atomic mass is 35.5. The second-order valence-electron chi connectivity index (χ2n) is 5.18. The highest BCUT2D eigenvalue weighted by molar-refractivity contribution is 7.09. The first-order valence-corrected chi connectivity index (χ1v) is 8.41. The van der Waals surface area contributed by atoms with Gasteiger partial charge in [0.15, 0.2) is 0 Å². The van der Waals surface area contributed by atoms with Crippen LogP contribution in [-0.2, 0) is 0 Å². The Morgan fingerprint density at radius 2 is 2.00 bits per heavy atom. The third-order valence-corrected chi connectivity index (χ3v) is 4.31. The van der Waals surface area contributed by atoms with Crippen LogP contribution in [0.15, 0.2) is 24.5 Å². The van der Waals surface area contributed by atoms with Gasteiger partial charge in [0.25, 0.3) is 5.91 Å². The van der Waals surface area contributed by atoms with Crippen LogP contribution in [0.5, 0.6) is 5.75 Å². The molecule has 0 radical (unpaired) electrons. The van der Waals surface area contributed by atoms with Crippen molar-refractivity contribution in [1.82, 2.24) is 19.3 Å². The Balaban J connectivity index is 2.07. The lowest BCUT2D eigenvalue weighted by molar-refractivity contribution is 0.102. The Morgan fingerprint density at radius 3 is 2.68 bits per heavy atom. The maximum absolute atomic E-state index is 12.7. The molecule has 0 bridgehead atoms. The van der Waals surface area contributed by atoms with Gasteiger partial charge in [-0.15, -0.1) is 0 Å². The molecule has 9 heteroatoms. The molecular weight excluding hydrogens is 362 g/mol. The Morgan fingerprint density at radius 1 is 1.20 bits per heavy atom. The summed E-state index contributed by atoms with van der Waals surface area (Å²) in [4.78, 5) is 25.1. The van der Waals surface area contributed by atoms with Gasteiger partial charge in [0, 0.05) is 34.6 Å². The summed E-state index contributed by atoms with van der Waals surface area (Å²) >= 11 is 7.15. The summed E-state index contributed by atoms with van der Waals surface area (Å²) in [5.74, 6) is 0.773. The van der Waals surface area contributed by atoms with Crippen LogP contribution in [0.2, 0.25) is 5.15 Å². The number of anilines is 1. The molecule has 0 aliphatic rings. The molecule has 3 heterocycles. The minimum Gasteiger partial charge on any atom is -0.494 e. The van der Waals surface area contributed by atoms with E-state index in [0.29, 0.717) is 38.5 Å². The number of amides is 1. The molecule has 1 amide bonds. The predicted molar refractivity (Wildman–Crippen MR) is 96.4 cm³/mol. The Hall–Kier alpha value is -2.58. The van der Waals surface area contributed by atoms with Crippen LogP contribution in [0.4, 0.5) is 5.13 Å². The maximum atomic E-state index is 12.7. The van der Waals surface area contributed by atoms with Gasteiger partial charge in [0.05, 0.1) is 18.9 Å². The van der Waals surface area contributed by atoms with E-state index >= 15 is 0 Å². The number of ether oxygens (including phenoxy) is 1. The molecule has 0 fully saturated rings. The van der Waals surface area contributed by atoms with E-state index in [0.717, 1.165) is 17.2 Å². The molecule has 0 unspecified atom stereocenters. The fourth-order valence-electron chi connectivity index (χ4n) is 2.27. The van der Waals surface area contributed by atoms with E-state index < -0.39 is 0 Å². The van der Waals surface area contributed by atoms with Crippen LogP contribution < -0.4 is 10.1 Å². The zero-order valence-corrected chi connectivity index (χ0v) is 15.3. The second kappa shape index (κ2) is 7.12. The van der Waals surface area contributed by atoms with E-state index in [-0.39, 0.29) is 5.91 Å². The van der Waals surface area contributed by atoms with Crippen LogP contribution in [0, 0.1) is 13.8 Å². The molecule has 0 atom stereocenters. The molecule has 1 N–H and O–H groups in total. The maximum Gasteiger partial charge on any atom is 0.259 e. The van der Waals surface area contributed by atoms with E-state index in [2.05, 4.69) is 24.6 Å². The van der Waals surface area contributed by atoms with Gasteiger partial charge in [-0.1, -0.05) is 11.6 Å². The normalized spacial score (nSPS) is 10.6. The number of hydrogen-bond donors (Lipinski definition) is 1. The highest BCUT2D eigenvalue weighted by Gasteiger charge is 2.19. The number of carbonyl (C=O) groups excluding carboxylic acids is 1. The topological polar surface area (TPSA) is 89.9 Å². The summed E-state index contributed by atoms with van der Waals surface area (Å²) in [7, 11) is 1.53. The number of halogens is 1. The fourth-order valence-corrected chi connectivity index (χ4v) is 2.99. The molecule has 3 rings (SSSR count). The largest absolute Gasteiger partial charge is 0.494 e. The summed E-state index contributed by atoms with van der Waals surface area (Å²) in [5, 5.41) is 3.46. The molecule has 0 saturated carbocycles. The fraction of sp³-hybridized carbons (Fsp3) is 0.188. The smallest absolute Gasteiger partial charge is 0.259 e. The van der Waals surface area contributed by atoms with Crippen LogP contribution in [0.1, 0.15) is 21.9 Å². The SMILES string of the molecule is COc1cnc(Cl)cc1-c1cc(C)ncc1C(=O)Nc1nc(C)ns1. The minimum atomic E-state index is -0.339. The van der Waals surface area contributed by atoms with Crippen molar-refractivity contribution in [3.8, 4) is 16.9 Å². The van der Waals surface area contributed by atoms with E-state index in [1.807, 2.05) is 6.92 Å². The third-order valence-electron chi connectivity index (χ3n) is 3.38. The van der Waals surface area contributed by atoms with Crippen LogP contribution in [0.3, 0.4) is 0 Å². The molecule has 0 aliphatic heterocycles. The molecule has 0 spiro atoms. The van der Waals surface area contributed by atoms with Gasteiger partial charge in [-0.25, -0.2) is 9.97 Å². The van der Waals surface area contributed by atoms with Gasteiger partial charge in [0.2, 0.25) is 5.13 Å². The van der Waals surface area contributed by atoms with Crippen LogP contribution in [0.25, 0.3) is 11.1 Å². The van der Waals surface area contributed by atoms with E-state index in [4.69, 9.17) is 16.3 Å². The monoisotopic (exact) mass is 375 g/mol. The molecule has 0 aromatic carbocycles. The molecule has 3 aromatic rings. The van der Waals surface area contributed by atoms with Gasteiger partial charge < -0.3 is 4.74 Å². The average Bonchev–Trinajstić information content (AvgIpc) is 2.99. The Labute approximate surface area is 153 Å². The summed E-state index contributed by atoms with van der Waals surface area (Å²) in [6.07, 6.45) is 3.03. The highest BCUT2D eigenvalue weighted by Crippen LogP contribution is 2.34. The van der Waals surface area contributed by atoms with Gasteiger partial charge >= 0.3 is 0 Å². The summed E-state index contributed by atoms with van der Waals surface area (Å²) < 4.78 is 9.41. The van der Waals surface area contributed by atoms with Crippen LogP contribution >= 0.6 is 23.1 Å². The number of pyridine rings is 2. The average molecular weight is 376 g/mol. The van der Waals surface area contributed by atoms with Crippen molar-refractivity contribution < 1.29 is 9.53 Å². The summed E-state index contributed by atoms with van der Waals surface area (Å²) in [5.41, 5.74) is 2.44. The van der Waals surface area contributed by atoms with Crippen molar-refractivity contribution in [2.75, 3.05) is 12.4 Å². The first kappa shape index (κ1) is 17.2. The van der Waals surface area contributed by atoms with Crippen LogP contribution in [-0.4, -0.2) is 32.3 Å². The van der Waals surface area contributed by atoms with Gasteiger partial charge in [0.1, 0.15) is 16.7 Å². The summed E-state index contributed by atoms with van der Waals surface area (Å²) in [6, 6.07) is 3.45. The molecule has 25 heavy (non-hydrogen) atoms. The van der Waals surface area contributed by atoms with Crippen molar-refractivity contribution in [3.63, 3.8) is 0 Å². The lowest BCUT2D eigenvalue weighted by Crippen LogP contribution is -2.14. The van der Waals surface area contributed by atoms with E-state index in [1.54, 1.807) is 19.1 Å². The number of nitrogens with one attached hydrogen (secondary N) is 1. The zero-order chi connectivity index (χ0) is 18.0. The molecule has 3 aromatic heterocycles. The summed E-state index contributed by atoms with van der Waals surface area (Å²) in [6.45, 7) is 3.60. The number of rotatable bonds is 4. The second-order valence-corrected chi connectivity index (χ2v) is 6.32. The van der Waals surface area contributed by atoms with E-state index in [9.17, 15) is 4.79 Å². The number of aryl methyl sites for hydroxylation is 2. The third kappa shape index (κ3) is 3.75. The number of nitrogens with zero attached hydrogens (tertiary/aromatic N) is 4. The molecule has 128 valence electrons. The quantitative estimate of drug-likeness (QED) is 0.701. The number of aromatic nitrogens is 4. The van der Waals surface area contributed by atoms with Crippen molar-refractivity contribution in [2.45, 2.75) is 13.8 Å². The van der Waals surface area contributed by atoms with Gasteiger partial charge in [-0.3, -0.25) is 15.1 Å². The Bertz CT molecular complexity index is 944. The predicted octanol–water partition coefficient (Wildman–Crippen LogP) is 3.53. The van der Waals surface area contributed by atoms with Crippen molar-refractivity contribution in [1.29, 1.82) is 0 Å². The molecule has 0 saturated heterocycles. The van der Waals surface area contributed by atoms with Crippen molar-refractivity contribution in [3.05, 3.63) is 46.8 Å². The van der Waals surface area contributed by atoms with Crippen molar-refractivity contribution >= 4 is 34.2 Å². The zero-order valence-electron chi connectivity index (χ0n) is 13.7. The minimum absolute atomic E-state index is 0.302. The number of hydrogen-bond acceptors (Lipinski definition) is 7. The lowest BCUT2D eigenvalue weighted by Gasteiger charge is -2.13. The molecular formula is C16H14ClN5O2S. The molecule has 0 aliphatic carbocycles. The van der Waals surface area contributed by atoms with Crippen molar-refractivity contribution in [2.24, 2.45) is 0 Å². The molecule has 7 nitrogen and oxygen atoms in total. The number of methoxy groups -OCH3 is 1. The number of carbonyl (C=O) groups is 1. The lowest BCUT2D eigenvalue weighted by atomic mass is 10.0. The Kier molecular flexibility index (Phi) is 4.91. The first-order chi connectivity index (χ1) is 12.0. The first-order valence-electron chi connectivity index (χ1n) is 7.26. The standard InChI is InChI=1S/C16H14ClN5O2S/c1-8-4-10(11-5-14(17)19-7-13(11)24-3)12(6-18-8)15(23)21-16-20-9(2)22-25-16/h4-7H,1-3H3,(H,20,21,22,23). The van der Waals surface area contributed by atoms with E-state index in [1.165, 1.54) is 19.5 Å². The van der Waals surface area contributed by atoms with Gasteiger partial charge in [-0.2, -0.15) is 4.37 Å². The van der Waals surface area contributed by atoms with Gasteiger partial charge in [-0.05, 0) is 26.0 Å².